The quantitative estimate of drug-likeness (QED) is 0.636. The van der Waals surface area contributed by atoms with Gasteiger partial charge in [-0.3, -0.25) is 14.5 Å². The number of amides is 2. The number of carbonyl (C=O) groups is 2. The number of halogens is 1. The number of rotatable bonds is 6. The Kier molecular flexibility index (Phi) is 7.18. The van der Waals surface area contributed by atoms with Crippen LogP contribution in [0.4, 0.5) is 11.4 Å². The van der Waals surface area contributed by atoms with Crippen molar-refractivity contribution in [2.45, 2.75) is 44.5 Å². The van der Waals surface area contributed by atoms with E-state index in [1.807, 2.05) is 38.1 Å². The molecule has 0 saturated carbocycles. The Morgan fingerprint density at radius 3 is 2.84 bits per heavy atom. The fourth-order valence-corrected chi connectivity index (χ4v) is 5.15. The standard InChI is InChI=1S/C24H26ClN3O3S/c1-15-6-3-7-17(12-15)26-24-28(14-18-8-5-11-31-18)23(30)21(32-24)13-22(29)27-20-10-4-9-19(25)16(20)2/h3-4,6-7,9-10,12,18,21H,5,8,11,13-14H2,1-2H3,(H,27,29). The maximum absolute atomic E-state index is 13.2. The summed E-state index contributed by atoms with van der Waals surface area (Å²) in [6.45, 7) is 5.03. The van der Waals surface area contributed by atoms with Crippen LogP contribution >= 0.6 is 23.4 Å². The zero-order valence-corrected chi connectivity index (χ0v) is 19.7. The van der Waals surface area contributed by atoms with Gasteiger partial charge >= 0.3 is 0 Å². The number of anilines is 1. The first-order valence-corrected chi connectivity index (χ1v) is 12.0. The monoisotopic (exact) mass is 471 g/mol. The molecule has 4 rings (SSSR count). The van der Waals surface area contributed by atoms with E-state index < -0.39 is 5.25 Å². The Bertz CT molecular complexity index is 1050. The molecule has 0 bridgehead atoms. The van der Waals surface area contributed by atoms with Crippen molar-refractivity contribution in [3.05, 3.63) is 58.6 Å². The molecule has 2 amide bonds. The first kappa shape index (κ1) is 22.8. The minimum Gasteiger partial charge on any atom is -0.376 e. The average molecular weight is 472 g/mol. The van der Waals surface area contributed by atoms with Crippen LogP contribution in [0.1, 0.15) is 30.4 Å². The van der Waals surface area contributed by atoms with E-state index in [1.165, 1.54) is 11.8 Å². The zero-order chi connectivity index (χ0) is 22.7. The van der Waals surface area contributed by atoms with Crippen LogP contribution in [0, 0.1) is 13.8 Å². The van der Waals surface area contributed by atoms with E-state index in [-0.39, 0.29) is 24.3 Å². The van der Waals surface area contributed by atoms with E-state index in [0.717, 1.165) is 36.3 Å². The Labute approximate surface area is 197 Å². The zero-order valence-electron chi connectivity index (χ0n) is 18.1. The van der Waals surface area contributed by atoms with Gasteiger partial charge in [-0.15, -0.1) is 0 Å². The van der Waals surface area contributed by atoms with Crippen molar-refractivity contribution in [1.29, 1.82) is 0 Å². The van der Waals surface area contributed by atoms with Crippen LogP contribution in [0.5, 0.6) is 0 Å². The van der Waals surface area contributed by atoms with Crippen molar-refractivity contribution in [3.63, 3.8) is 0 Å². The predicted molar refractivity (Wildman–Crippen MR) is 130 cm³/mol. The Balaban J connectivity index is 1.51. The van der Waals surface area contributed by atoms with Crippen molar-refractivity contribution in [3.8, 4) is 0 Å². The average Bonchev–Trinajstić information content (AvgIpc) is 3.36. The molecule has 168 valence electrons. The van der Waals surface area contributed by atoms with Crippen molar-refractivity contribution < 1.29 is 14.3 Å². The van der Waals surface area contributed by atoms with Crippen LogP contribution in [0.2, 0.25) is 5.02 Å². The molecular weight excluding hydrogens is 446 g/mol. The predicted octanol–water partition coefficient (Wildman–Crippen LogP) is 5.10. The molecular formula is C24H26ClN3O3S. The van der Waals surface area contributed by atoms with E-state index in [9.17, 15) is 9.59 Å². The molecule has 1 N–H and O–H groups in total. The number of thioether (sulfide) groups is 1. The largest absolute Gasteiger partial charge is 0.376 e. The molecule has 8 heteroatoms. The number of nitrogens with one attached hydrogen (secondary N) is 1. The van der Waals surface area contributed by atoms with Gasteiger partial charge in [0.05, 0.1) is 18.3 Å². The summed E-state index contributed by atoms with van der Waals surface area (Å²) in [5, 5.41) is 3.56. The second-order valence-corrected chi connectivity index (χ2v) is 9.67. The molecule has 2 aromatic carbocycles. The molecule has 2 unspecified atom stereocenters. The first-order chi connectivity index (χ1) is 15.4. The first-order valence-electron chi connectivity index (χ1n) is 10.7. The number of carbonyl (C=O) groups excluding carboxylic acids is 2. The van der Waals surface area contributed by atoms with Crippen molar-refractivity contribution in [2.24, 2.45) is 4.99 Å². The number of aryl methyl sites for hydroxylation is 1. The highest BCUT2D eigenvalue weighted by atomic mass is 35.5. The van der Waals surface area contributed by atoms with Crippen molar-refractivity contribution in [2.75, 3.05) is 18.5 Å². The van der Waals surface area contributed by atoms with Crippen LogP contribution in [-0.2, 0) is 14.3 Å². The van der Waals surface area contributed by atoms with Gasteiger partial charge in [-0.2, -0.15) is 0 Å². The van der Waals surface area contributed by atoms with E-state index in [1.54, 1.807) is 23.1 Å². The molecule has 0 spiro atoms. The van der Waals surface area contributed by atoms with Crippen LogP contribution in [0.3, 0.4) is 0 Å². The molecule has 2 fully saturated rings. The molecule has 2 atom stereocenters. The lowest BCUT2D eigenvalue weighted by molar-refractivity contribution is -0.129. The normalized spacial score (nSPS) is 22.0. The Hall–Kier alpha value is -2.35. The van der Waals surface area contributed by atoms with Gasteiger partial charge in [0.2, 0.25) is 11.8 Å². The minimum absolute atomic E-state index is 0.00365. The highest BCUT2D eigenvalue weighted by Gasteiger charge is 2.40. The summed E-state index contributed by atoms with van der Waals surface area (Å²) in [6.07, 6.45) is 1.98. The molecule has 32 heavy (non-hydrogen) atoms. The topological polar surface area (TPSA) is 71.0 Å². The fraction of sp³-hybridized carbons (Fsp3) is 0.375. The van der Waals surface area contributed by atoms with Gasteiger partial charge in [-0.1, -0.05) is 41.6 Å². The van der Waals surface area contributed by atoms with Gasteiger partial charge < -0.3 is 10.1 Å². The number of ether oxygens (including phenoxy) is 1. The second kappa shape index (κ2) is 10.1. The number of aliphatic imine (C=N–C) groups is 1. The van der Waals surface area contributed by atoms with E-state index in [0.29, 0.717) is 22.4 Å². The van der Waals surface area contributed by atoms with Gasteiger partial charge in [0, 0.05) is 23.7 Å². The summed E-state index contributed by atoms with van der Waals surface area (Å²) >= 11 is 7.50. The third-order valence-corrected chi connectivity index (χ3v) is 7.15. The highest BCUT2D eigenvalue weighted by molar-refractivity contribution is 8.15. The summed E-state index contributed by atoms with van der Waals surface area (Å²) in [4.78, 5) is 32.4. The van der Waals surface area contributed by atoms with Gasteiger partial charge in [-0.25, -0.2) is 4.99 Å². The van der Waals surface area contributed by atoms with E-state index >= 15 is 0 Å². The number of benzene rings is 2. The molecule has 6 nitrogen and oxygen atoms in total. The third kappa shape index (κ3) is 5.34. The van der Waals surface area contributed by atoms with E-state index in [4.69, 9.17) is 21.3 Å². The van der Waals surface area contributed by atoms with Crippen LogP contribution in [-0.4, -0.2) is 46.4 Å². The number of nitrogens with zero attached hydrogens (tertiary/aromatic N) is 2. The fourth-order valence-electron chi connectivity index (χ4n) is 3.81. The SMILES string of the molecule is Cc1cccc(N=C2SC(CC(=O)Nc3cccc(Cl)c3C)C(=O)N2CC2CCCO2)c1. The summed E-state index contributed by atoms with van der Waals surface area (Å²) in [5.74, 6) is -0.329. The second-order valence-electron chi connectivity index (χ2n) is 8.09. The smallest absolute Gasteiger partial charge is 0.242 e. The minimum atomic E-state index is -0.528. The molecule has 2 aromatic rings. The molecule has 0 aliphatic carbocycles. The summed E-state index contributed by atoms with van der Waals surface area (Å²) in [7, 11) is 0. The van der Waals surface area contributed by atoms with Gasteiger partial charge in [0.25, 0.3) is 0 Å². The Morgan fingerprint density at radius 1 is 1.28 bits per heavy atom. The van der Waals surface area contributed by atoms with Crippen molar-refractivity contribution >= 4 is 51.7 Å². The van der Waals surface area contributed by atoms with E-state index in [2.05, 4.69) is 5.32 Å². The summed E-state index contributed by atoms with van der Waals surface area (Å²) in [5.41, 5.74) is 3.34. The van der Waals surface area contributed by atoms with Crippen LogP contribution < -0.4 is 5.32 Å². The molecule has 2 heterocycles. The third-order valence-electron chi connectivity index (χ3n) is 5.57. The van der Waals surface area contributed by atoms with Gasteiger partial charge in [0.1, 0.15) is 5.25 Å². The molecule has 2 aliphatic rings. The van der Waals surface area contributed by atoms with Gasteiger partial charge in [-0.05, 0) is 62.1 Å². The summed E-state index contributed by atoms with van der Waals surface area (Å²) in [6, 6.07) is 13.2. The number of hydrogen-bond acceptors (Lipinski definition) is 5. The molecule has 0 aromatic heterocycles. The lowest BCUT2D eigenvalue weighted by Crippen LogP contribution is -2.38. The van der Waals surface area contributed by atoms with Gasteiger partial charge in [0.15, 0.2) is 5.17 Å². The van der Waals surface area contributed by atoms with Crippen LogP contribution in [0.15, 0.2) is 47.5 Å². The number of amidine groups is 1. The molecule has 2 aliphatic heterocycles. The lowest BCUT2D eigenvalue weighted by atomic mass is 10.2. The lowest BCUT2D eigenvalue weighted by Gasteiger charge is -2.20. The molecule has 0 radical (unpaired) electrons. The highest BCUT2D eigenvalue weighted by Crippen LogP contribution is 2.33. The maximum Gasteiger partial charge on any atom is 0.242 e. The van der Waals surface area contributed by atoms with Crippen LogP contribution in [0.25, 0.3) is 0 Å². The molecule has 2 saturated heterocycles. The Morgan fingerprint density at radius 2 is 2.09 bits per heavy atom. The summed E-state index contributed by atoms with van der Waals surface area (Å²) < 4.78 is 5.75. The number of hydrogen-bond donors (Lipinski definition) is 1. The van der Waals surface area contributed by atoms with Crippen molar-refractivity contribution in [1.82, 2.24) is 4.90 Å². The maximum atomic E-state index is 13.2.